The molecule has 0 aliphatic rings. The van der Waals surface area contributed by atoms with Gasteiger partial charge in [-0.3, -0.25) is 14.9 Å². The first kappa shape index (κ1) is 17.2. The van der Waals surface area contributed by atoms with E-state index in [-0.39, 0.29) is 11.6 Å². The molecule has 0 saturated heterocycles. The van der Waals surface area contributed by atoms with Crippen molar-refractivity contribution in [3.05, 3.63) is 100 Å². The first-order chi connectivity index (χ1) is 12.6. The molecule has 0 aromatic heterocycles. The fourth-order valence-electron chi connectivity index (χ4n) is 2.31. The number of carbonyl (C=O) groups is 1. The minimum absolute atomic E-state index is 0.0542. The van der Waals surface area contributed by atoms with Crippen LogP contribution in [0.25, 0.3) is 0 Å². The van der Waals surface area contributed by atoms with Crippen molar-refractivity contribution in [3.8, 4) is 5.75 Å². The Morgan fingerprint density at radius 1 is 0.923 bits per heavy atom. The van der Waals surface area contributed by atoms with Gasteiger partial charge in [0.2, 0.25) is 0 Å². The third kappa shape index (κ3) is 4.45. The van der Waals surface area contributed by atoms with Crippen LogP contribution in [0, 0.1) is 10.1 Å². The van der Waals surface area contributed by atoms with Crippen molar-refractivity contribution < 1.29 is 14.5 Å². The van der Waals surface area contributed by atoms with Crippen molar-refractivity contribution in [2.75, 3.05) is 5.32 Å². The summed E-state index contributed by atoms with van der Waals surface area (Å²) in [5.74, 6) is 0.361. The highest BCUT2D eigenvalue weighted by Crippen LogP contribution is 2.18. The molecule has 0 spiro atoms. The Hall–Kier alpha value is -3.67. The highest BCUT2D eigenvalue weighted by Gasteiger charge is 2.09. The van der Waals surface area contributed by atoms with Gasteiger partial charge in [-0.2, -0.15) is 0 Å². The first-order valence-corrected chi connectivity index (χ1v) is 7.94. The summed E-state index contributed by atoms with van der Waals surface area (Å²) in [7, 11) is 0. The SMILES string of the molecule is O=C(Nc1ccc(OCc2ccccc2)cc1)c1ccc([N+](=O)[O-])cc1. The lowest BCUT2D eigenvalue weighted by Gasteiger charge is -2.08. The smallest absolute Gasteiger partial charge is 0.269 e. The van der Waals surface area contributed by atoms with E-state index in [4.69, 9.17) is 4.74 Å². The number of anilines is 1. The molecule has 6 nitrogen and oxygen atoms in total. The van der Waals surface area contributed by atoms with E-state index in [1.807, 2.05) is 30.3 Å². The Bertz CT molecular complexity index is 891. The molecule has 6 heteroatoms. The fourth-order valence-corrected chi connectivity index (χ4v) is 2.31. The lowest BCUT2D eigenvalue weighted by atomic mass is 10.2. The number of carbonyl (C=O) groups excluding carboxylic acids is 1. The van der Waals surface area contributed by atoms with Crippen LogP contribution in [0.1, 0.15) is 15.9 Å². The zero-order chi connectivity index (χ0) is 18.4. The summed E-state index contributed by atoms with van der Waals surface area (Å²) in [6, 6.07) is 22.3. The molecule has 26 heavy (non-hydrogen) atoms. The van der Waals surface area contributed by atoms with Gasteiger partial charge < -0.3 is 10.1 Å². The predicted octanol–water partition coefficient (Wildman–Crippen LogP) is 4.43. The van der Waals surface area contributed by atoms with E-state index >= 15 is 0 Å². The van der Waals surface area contributed by atoms with Crippen molar-refractivity contribution in [3.63, 3.8) is 0 Å². The van der Waals surface area contributed by atoms with Crippen molar-refractivity contribution in [1.29, 1.82) is 0 Å². The zero-order valence-electron chi connectivity index (χ0n) is 13.8. The summed E-state index contributed by atoms with van der Waals surface area (Å²) < 4.78 is 5.70. The maximum Gasteiger partial charge on any atom is 0.269 e. The molecule has 0 radical (unpaired) electrons. The number of benzene rings is 3. The van der Waals surface area contributed by atoms with Crippen molar-refractivity contribution >= 4 is 17.3 Å². The molecule has 0 heterocycles. The number of nitro groups is 1. The predicted molar refractivity (Wildman–Crippen MR) is 98.3 cm³/mol. The largest absolute Gasteiger partial charge is 0.489 e. The highest BCUT2D eigenvalue weighted by atomic mass is 16.6. The normalized spacial score (nSPS) is 10.2. The number of rotatable bonds is 6. The van der Waals surface area contributed by atoms with Crippen LogP contribution in [-0.2, 0) is 6.61 Å². The Morgan fingerprint density at radius 2 is 1.58 bits per heavy atom. The third-order valence-corrected chi connectivity index (χ3v) is 3.70. The molecular weight excluding hydrogens is 332 g/mol. The maximum absolute atomic E-state index is 12.2. The number of amides is 1. The Labute approximate surface area is 150 Å². The average Bonchev–Trinajstić information content (AvgIpc) is 2.68. The van der Waals surface area contributed by atoms with Crippen LogP contribution in [0.3, 0.4) is 0 Å². The number of hydrogen-bond donors (Lipinski definition) is 1. The molecule has 0 unspecified atom stereocenters. The second-order valence-electron chi connectivity index (χ2n) is 5.56. The van der Waals surface area contributed by atoms with Crippen LogP contribution >= 0.6 is 0 Å². The van der Waals surface area contributed by atoms with Gasteiger partial charge >= 0.3 is 0 Å². The summed E-state index contributed by atoms with van der Waals surface area (Å²) in [5, 5.41) is 13.4. The number of hydrogen-bond acceptors (Lipinski definition) is 4. The molecule has 0 atom stereocenters. The Morgan fingerprint density at radius 3 is 2.19 bits per heavy atom. The summed E-state index contributed by atoms with van der Waals surface area (Å²) >= 11 is 0. The van der Waals surface area contributed by atoms with Crippen LogP contribution in [-0.4, -0.2) is 10.8 Å². The molecule has 1 amide bonds. The number of nitrogens with zero attached hydrogens (tertiary/aromatic N) is 1. The van der Waals surface area contributed by atoms with E-state index < -0.39 is 4.92 Å². The second-order valence-corrected chi connectivity index (χ2v) is 5.56. The molecule has 0 saturated carbocycles. The minimum Gasteiger partial charge on any atom is -0.489 e. The van der Waals surface area contributed by atoms with E-state index in [2.05, 4.69) is 5.32 Å². The Kier molecular flexibility index (Phi) is 5.24. The van der Waals surface area contributed by atoms with Gasteiger partial charge in [0.15, 0.2) is 0 Å². The van der Waals surface area contributed by atoms with E-state index in [1.54, 1.807) is 24.3 Å². The van der Waals surface area contributed by atoms with Gasteiger partial charge in [-0.25, -0.2) is 0 Å². The molecule has 0 fully saturated rings. The topological polar surface area (TPSA) is 81.5 Å². The number of nitro benzene ring substituents is 1. The van der Waals surface area contributed by atoms with Crippen molar-refractivity contribution in [2.24, 2.45) is 0 Å². The highest BCUT2D eigenvalue weighted by molar-refractivity contribution is 6.04. The molecule has 3 aromatic carbocycles. The molecule has 1 N–H and O–H groups in total. The van der Waals surface area contributed by atoms with Gasteiger partial charge in [0.1, 0.15) is 12.4 Å². The molecule has 0 bridgehead atoms. The maximum atomic E-state index is 12.2. The number of nitrogens with one attached hydrogen (secondary N) is 1. The van der Waals surface area contributed by atoms with Gasteiger partial charge in [0, 0.05) is 23.4 Å². The molecular formula is C20H16N2O4. The lowest BCUT2D eigenvalue weighted by Crippen LogP contribution is -2.11. The van der Waals surface area contributed by atoms with Gasteiger partial charge in [0.05, 0.1) is 4.92 Å². The summed E-state index contributed by atoms with van der Waals surface area (Å²) in [6.07, 6.45) is 0. The van der Waals surface area contributed by atoms with E-state index in [1.165, 1.54) is 24.3 Å². The van der Waals surface area contributed by atoms with Crippen LogP contribution in [0.2, 0.25) is 0 Å². The van der Waals surface area contributed by atoms with Crippen LogP contribution in [0.4, 0.5) is 11.4 Å². The van der Waals surface area contributed by atoms with Gasteiger partial charge in [-0.15, -0.1) is 0 Å². The van der Waals surface area contributed by atoms with E-state index in [0.717, 1.165) is 5.56 Å². The van der Waals surface area contributed by atoms with Crippen LogP contribution < -0.4 is 10.1 Å². The molecule has 0 aliphatic carbocycles. The first-order valence-electron chi connectivity index (χ1n) is 7.94. The van der Waals surface area contributed by atoms with Crippen LogP contribution in [0.5, 0.6) is 5.75 Å². The molecule has 3 aromatic rings. The van der Waals surface area contributed by atoms with E-state index in [0.29, 0.717) is 23.6 Å². The second kappa shape index (κ2) is 7.94. The number of non-ortho nitro benzene ring substituents is 1. The third-order valence-electron chi connectivity index (χ3n) is 3.70. The average molecular weight is 348 g/mol. The van der Waals surface area contributed by atoms with Gasteiger partial charge in [-0.1, -0.05) is 30.3 Å². The standard InChI is InChI=1S/C20H16N2O4/c23-20(16-6-10-18(11-7-16)22(24)25)21-17-8-12-19(13-9-17)26-14-15-4-2-1-3-5-15/h1-13H,14H2,(H,21,23). The fraction of sp³-hybridized carbons (Fsp3) is 0.0500. The molecule has 3 rings (SSSR count). The van der Waals surface area contributed by atoms with Gasteiger partial charge in [0.25, 0.3) is 11.6 Å². The van der Waals surface area contributed by atoms with Crippen molar-refractivity contribution in [1.82, 2.24) is 0 Å². The molecule has 130 valence electrons. The van der Waals surface area contributed by atoms with Gasteiger partial charge in [-0.05, 0) is 42.0 Å². The minimum atomic E-state index is -0.504. The Balaban J connectivity index is 1.58. The number of ether oxygens (including phenoxy) is 1. The molecule has 0 aliphatic heterocycles. The summed E-state index contributed by atoms with van der Waals surface area (Å²) in [6.45, 7) is 0.468. The zero-order valence-corrected chi connectivity index (χ0v) is 13.8. The quantitative estimate of drug-likeness (QED) is 0.528. The lowest BCUT2D eigenvalue weighted by molar-refractivity contribution is -0.384. The summed E-state index contributed by atoms with van der Waals surface area (Å²) in [4.78, 5) is 22.3. The summed E-state index contributed by atoms with van der Waals surface area (Å²) in [5.41, 5.74) is 1.98. The monoisotopic (exact) mass is 348 g/mol. The van der Waals surface area contributed by atoms with E-state index in [9.17, 15) is 14.9 Å². The van der Waals surface area contributed by atoms with Crippen molar-refractivity contribution in [2.45, 2.75) is 6.61 Å². The van der Waals surface area contributed by atoms with Crippen LogP contribution in [0.15, 0.2) is 78.9 Å².